The molecule has 1 aromatic rings. The Hall–Kier alpha value is -0.570. The standard InChI is InChI=1S/C13H19ClN2/c14-12-3-1-2-11(8-12)13(9-15)16-7-6-10-4-5-10/h1-3,8,10,13,16H,4-7,9,15H2. The lowest BCUT2D eigenvalue weighted by atomic mass is 10.1. The number of nitrogens with two attached hydrogens (primary N) is 1. The maximum absolute atomic E-state index is 5.97. The highest BCUT2D eigenvalue weighted by Crippen LogP contribution is 2.32. The van der Waals surface area contributed by atoms with E-state index in [1.807, 2.05) is 18.2 Å². The Kier molecular flexibility index (Phi) is 4.22. The van der Waals surface area contributed by atoms with Crippen molar-refractivity contribution in [1.29, 1.82) is 0 Å². The smallest absolute Gasteiger partial charge is 0.0445 e. The molecule has 0 aromatic heterocycles. The van der Waals surface area contributed by atoms with Gasteiger partial charge in [0.15, 0.2) is 0 Å². The van der Waals surface area contributed by atoms with Crippen LogP contribution in [-0.2, 0) is 0 Å². The van der Waals surface area contributed by atoms with Crippen molar-refractivity contribution >= 4 is 11.6 Å². The monoisotopic (exact) mass is 238 g/mol. The van der Waals surface area contributed by atoms with Crippen LogP contribution >= 0.6 is 11.6 Å². The highest BCUT2D eigenvalue weighted by atomic mass is 35.5. The summed E-state index contributed by atoms with van der Waals surface area (Å²) in [5.41, 5.74) is 6.97. The molecule has 0 spiro atoms. The third kappa shape index (κ3) is 3.48. The molecule has 3 N–H and O–H groups in total. The zero-order chi connectivity index (χ0) is 11.4. The van der Waals surface area contributed by atoms with E-state index in [1.54, 1.807) is 0 Å². The van der Waals surface area contributed by atoms with Gasteiger partial charge in [-0.25, -0.2) is 0 Å². The Labute approximate surface area is 102 Å². The van der Waals surface area contributed by atoms with Gasteiger partial charge < -0.3 is 11.1 Å². The molecule has 0 amide bonds. The van der Waals surface area contributed by atoms with Crippen LogP contribution in [0.4, 0.5) is 0 Å². The molecule has 0 heterocycles. The molecule has 2 nitrogen and oxygen atoms in total. The van der Waals surface area contributed by atoms with E-state index in [0.717, 1.165) is 17.5 Å². The van der Waals surface area contributed by atoms with Crippen molar-refractivity contribution in [2.24, 2.45) is 11.7 Å². The minimum absolute atomic E-state index is 0.234. The van der Waals surface area contributed by atoms with E-state index in [-0.39, 0.29) is 6.04 Å². The highest BCUT2D eigenvalue weighted by molar-refractivity contribution is 6.30. The fraction of sp³-hybridized carbons (Fsp3) is 0.538. The number of nitrogens with one attached hydrogen (secondary N) is 1. The van der Waals surface area contributed by atoms with Crippen LogP contribution in [0.1, 0.15) is 30.9 Å². The van der Waals surface area contributed by atoms with Gasteiger partial charge in [0, 0.05) is 17.6 Å². The van der Waals surface area contributed by atoms with Crippen molar-refractivity contribution in [1.82, 2.24) is 5.32 Å². The Balaban J connectivity index is 1.87. The predicted octanol–water partition coefficient (Wildman–Crippen LogP) is 2.73. The number of rotatable bonds is 6. The van der Waals surface area contributed by atoms with Gasteiger partial charge in [0.05, 0.1) is 0 Å². The van der Waals surface area contributed by atoms with E-state index >= 15 is 0 Å². The summed E-state index contributed by atoms with van der Waals surface area (Å²) in [4.78, 5) is 0. The predicted molar refractivity (Wildman–Crippen MR) is 68.6 cm³/mol. The van der Waals surface area contributed by atoms with Gasteiger partial charge in [0.1, 0.15) is 0 Å². The Bertz CT molecular complexity index is 336. The van der Waals surface area contributed by atoms with Crippen molar-refractivity contribution < 1.29 is 0 Å². The van der Waals surface area contributed by atoms with Gasteiger partial charge in [-0.2, -0.15) is 0 Å². The maximum Gasteiger partial charge on any atom is 0.0445 e. The number of benzene rings is 1. The van der Waals surface area contributed by atoms with Gasteiger partial charge in [-0.05, 0) is 36.6 Å². The molecule has 1 aliphatic rings. The van der Waals surface area contributed by atoms with Crippen LogP contribution in [0.2, 0.25) is 5.02 Å². The first-order chi connectivity index (χ1) is 7.79. The zero-order valence-electron chi connectivity index (χ0n) is 9.45. The Morgan fingerprint density at radius 1 is 1.44 bits per heavy atom. The second-order valence-corrected chi connectivity index (χ2v) is 4.97. The average Bonchev–Trinajstić information content (AvgIpc) is 3.08. The second-order valence-electron chi connectivity index (χ2n) is 4.53. The largest absolute Gasteiger partial charge is 0.329 e. The quantitative estimate of drug-likeness (QED) is 0.800. The lowest BCUT2D eigenvalue weighted by Gasteiger charge is -2.17. The lowest BCUT2D eigenvalue weighted by Crippen LogP contribution is -2.29. The molecule has 2 rings (SSSR count). The molecule has 1 unspecified atom stereocenters. The van der Waals surface area contributed by atoms with Crippen LogP contribution in [0, 0.1) is 5.92 Å². The van der Waals surface area contributed by atoms with E-state index in [1.165, 1.54) is 24.8 Å². The minimum atomic E-state index is 0.234. The summed E-state index contributed by atoms with van der Waals surface area (Å²) in [5, 5.41) is 4.28. The molecule has 3 heteroatoms. The molecular formula is C13H19ClN2. The molecule has 16 heavy (non-hydrogen) atoms. The summed E-state index contributed by atoms with van der Waals surface area (Å²) in [6, 6.07) is 8.17. The summed E-state index contributed by atoms with van der Waals surface area (Å²) < 4.78 is 0. The van der Waals surface area contributed by atoms with Gasteiger partial charge in [0.25, 0.3) is 0 Å². The topological polar surface area (TPSA) is 38.0 Å². The van der Waals surface area contributed by atoms with Crippen molar-refractivity contribution in [2.45, 2.75) is 25.3 Å². The molecule has 1 aliphatic carbocycles. The van der Waals surface area contributed by atoms with Crippen molar-refractivity contribution in [2.75, 3.05) is 13.1 Å². The fourth-order valence-electron chi connectivity index (χ4n) is 1.93. The average molecular weight is 239 g/mol. The van der Waals surface area contributed by atoms with Crippen molar-refractivity contribution in [3.63, 3.8) is 0 Å². The first kappa shape index (κ1) is 11.9. The second kappa shape index (κ2) is 5.67. The minimum Gasteiger partial charge on any atom is -0.329 e. The van der Waals surface area contributed by atoms with E-state index in [2.05, 4.69) is 11.4 Å². The van der Waals surface area contributed by atoms with Gasteiger partial charge in [-0.15, -0.1) is 0 Å². The first-order valence-electron chi connectivity index (χ1n) is 5.98. The normalized spacial score (nSPS) is 17.4. The molecule has 88 valence electrons. The molecule has 0 radical (unpaired) electrons. The van der Waals surface area contributed by atoms with Gasteiger partial charge in [-0.3, -0.25) is 0 Å². The highest BCUT2D eigenvalue weighted by Gasteiger charge is 2.20. The van der Waals surface area contributed by atoms with Crippen molar-refractivity contribution in [3.05, 3.63) is 34.9 Å². The van der Waals surface area contributed by atoms with Gasteiger partial charge >= 0.3 is 0 Å². The SMILES string of the molecule is NCC(NCCC1CC1)c1cccc(Cl)c1. The summed E-state index contributed by atoms with van der Waals surface area (Å²) in [6.45, 7) is 1.67. The van der Waals surface area contributed by atoms with Crippen LogP contribution in [0.25, 0.3) is 0 Å². The number of hydrogen-bond acceptors (Lipinski definition) is 2. The molecular weight excluding hydrogens is 220 g/mol. The van der Waals surface area contributed by atoms with Crippen LogP contribution in [0.3, 0.4) is 0 Å². The first-order valence-corrected chi connectivity index (χ1v) is 6.36. The number of halogens is 1. The number of hydrogen-bond donors (Lipinski definition) is 2. The molecule has 1 saturated carbocycles. The summed E-state index contributed by atoms with van der Waals surface area (Å²) in [6.07, 6.45) is 4.09. The summed E-state index contributed by atoms with van der Waals surface area (Å²) in [7, 11) is 0. The zero-order valence-corrected chi connectivity index (χ0v) is 10.2. The Morgan fingerprint density at radius 3 is 2.88 bits per heavy atom. The third-order valence-corrected chi connectivity index (χ3v) is 3.36. The maximum atomic E-state index is 5.97. The molecule has 0 saturated heterocycles. The van der Waals surface area contributed by atoms with Crippen molar-refractivity contribution in [3.8, 4) is 0 Å². The van der Waals surface area contributed by atoms with E-state index < -0.39 is 0 Å². The van der Waals surface area contributed by atoms with E-state index in [4.69, 9.17) is 17.3 Å². The summed E-state index contributed by atoms with van der Waals surface area (Å²) in [5.74, 6) is 0.963. The van der Waals surface area contributed by atoms with Gasteiger partial charge in [-0.1, -0.05) is 36.6 Å². The summed E-state index contributed by atoms with van der Waals surface area (Å²) >= 11 is 5.97. The van der Waals surface area contributed by atoms with Crippen LogP contribution < -0.4 is 11.1 Å². The lowest BCUT2D eigenvalue weighted by molar-refractivity contribution is 0.516. The van der Waals surface area contributed by atoms with Gasteiger partial charge in [0.2, 0.25) is 0 Å². The van der Waals surface area contributed by atoms with Crippen LogP contribution in [0.5, 0.6) is 0 Å². The molecule has 1 fully saturated rings. The van der Waals surface area contributed by atoms with E-state index in [0.29, 0.717) is 6.54 Å². The third-order valence-electron chi connectivity index (χ3n) is 3.13. The molecule has 1 atom stereocenters. The van der Waals surface area contributed by atoms with Crippen LogP contribution in [0.15, 0.2) is 24.3 Å². The van der Waals surface area contributed by atoms with Crippen LogP contribution in [-0.4, -0.2) is 13.1 Å². The molecule has 0 bridgehead atoms. The molecule has 1 aromatic carbocycles. The Morgan fingerprint density at radius 2 is 2.25 bits per heavy atom. The molecule has 0 aliphatic heterocycles. The fourth-order valence-corrected chi connectivity index (χ4v) is 2.13. The van der Waals surface area contributed by atoms with E-state index in [9.17, 15) is 0 Å².